The van der Waals surface area contributed by atoms with Crippen molar-refractivity contribution in [3.05, 3.63) is 10.7 Å². The molecule has 0 aromatic carbocycles. The molecule has 0 atom stereocenters. The van der Waals surface area contributed by atoms with Gasteiger partial charge in [-0.2, -0.15) is 11.8 Å². The zero-order valence-corrected chi connectivity index (χ0v) is 12.4. The minimum absolute atomic E-state index is 0.869. The predicted molar refractivity (Wildman–Crippen MR) is 77.1 cm³/mol. The van der Waals surface area contributed by atoms with Gasteiger partial charge in [0, 0.05) is 12.3 Å². The lowest BCUT2D eigenvalue weighted by molar-refractivity contribution is 1.07. The zero-order valence-electron chi connectivity index (χ0n) is 9.98. The number of hydrogen-bond donors (Lipinski definition) is 1. The van der Waals surface area contributed by atoms with Crippen LogP contribution in [0.25, 0.3) is 9.88 Å². The van der Waals surface area contributed by atoms with Crippen molar-refractivity contribution in [3.8, 4) is 9.88 Å². The zero-order chi connectivity index (χ0) is 12.3. The molecule has 0 saturated carbocycles. The maximum atomic E-state index is 4.55. The molecule has 0 spiro atoms. The summed E-state index contributed by atoms with van der Waals surface area (Å²) in [4.78, 5) is 5.70. The van der Waals surface area contributed by atoms with E-state index in [0.717, 1.165) is 38.0 Å². The number of nitrogens with zero attached hydrogens (tertiary/aromatic N) is 3. The van der Waals surface area contributed by atoms with E-state index >= 15 is 0 Å². The van der Waals surface area contributed by atoms with Crippen molar-refractivity contribution in [2.75, 3.05) is 18.1 Å². The molecule has 7 heteroatoms. The number of thiazole rings is 1. The highest BCUT2D eigenvalue weighted by atomic mass is 32.2. The van der Waals surface area contributed by atoms with Crippen LogP contribution in [0.3, 0.4) is 0 Å². The van der Waals surface area contributed by atoms with E-state index in [1.54, 1.807) is 34.4 Å². The van der Waals surface area contributed by atoms with Crippen molar-refractivity contribution in [2.45, 2.75) is 19.6 Å². The van der Waals surface area contributed by atoms with Gasteiger partial charge in [0.05, 0.1) is 10.6 Å². The summed E-state index contributed by atoms with van der Waals surface area (Å²) in [5.74, 6) is 0.963. The van der Waals surface area contributed by atoms with Gasteiger partial charge in [-0.1, -0.05) is 11.3 Å². The Labute approximate surface area is 113 Å². The third-order valence-corrected chi connectivity index (χ3v) is 4.99. The van der Waals surface area contributed by atoms with Crippen LogP contribution in [0.4, 0.5) is 5.13 Å². The first-order valence-corrected chi connectivity index (χ1v) is 8.30. The van der Waals surface area contributed by atoms with Gasteiger partial charge in [0.25, 0.3) is 0 Å². The maximum Gasteiger partial charge on any atom is 0.206 e. The summed E-state index contributed by atoms with van der Waals surface area (Å²) in [5.41, 5.74) is 1.05. The van der Waals surface area contributed by atoms with E-state index in [1.165, 1.54) is 0 Å². The summed E-state index contributed by atoms with van der Waals surface area (Å²) >= 11 is 5.09. The lowest BCUT2D eigenvalue weighted by atomic mass is 10.4. The van der Waals surface area contributed by atoms with E-state index in [0.29, 0.717) is 0 Å². The summed E-state index contributed by atoms with van der Waals surface area (Å²) in [6, 6.07) is 0. The standard InChI is InChI=1S/C10H14N4S3/c1-4-11-10-14-13-9(17-10)8-6(2)12-7(16-8)5-15-3/h4-5H2,1-3H3,(H,11,14). The van der Waals surface area contributed by atoms with Crippen molar-refractivity contribution in [3.63, 3.8) is 0 Å². The first kappa shape index (κ1) is 12.8. The molecule has 2 aromatic heterocycles. The first-order chi connectivity index (χ1) is 8.24. The van der Waals surface area contributed by atoms with Crippen molar-refractivity contribution in [1.82, 2.24) is 15.2 Å². The fourth-order valence-electron chi connectivity index (χ4n) is 1.37. The molecule has 0 amide bonds. The van der Waals surface area contributed by atoms with Crippen molar-refractivity contribution in [2.24, 2.45) is 0 Å². The molecule has 0 saturated heterocycles. The second-order valence-electron chi connectivity index (χ2n) is 3.40. The van der Waals surface area contributed by atoms with Gasteiger partial charge < -0.3 is 5.32 Å². The van der Waals surface area contributed by atoms with Crippen LogP contribution in [0.1, 0.15) is 17.6 Å². The van der Waals surface area contributed by atoms with Crippen LogP contribution < -0.4 is 5.32 Å². The number of aryl methyl sites for hydroxylation is 1. The Morgan fingerprint density at radius 1 is 1.29 bits per heavy atom. The number of thioether (sulfide) groups is 1. The summed E-state index contributed by atoms with van der Waals surface area (Å²) in [6.07, 6.45) is 2.09. The van der Waals surface area contributed by atoms with E-state index in [-0.39, 0.29) is 0 Å². The quantitative estimate of drug-likeness (QED) is 0.914. The molecule has 2 aromatic rings. The molecular weight excluding hydrogens is 272 g/mol. The van der Waals surface area contributed by atoms with Crippen molar-refractivity contribution < 1.29 is 0 Å². The minimum atomic E-state index is 0.869. The Morgan fingerprint density at radius 3 is 2.82 bits per heavy atom. The Hall–Kier alpha value is -0.660. The topological polar surface area (TPSA) is 50.7 Å². The van der Waals surface area contributed by atoms with Gasteiger partial charge in [-0.15, -0.1) is 21.5 Å². The molecule has 0 bridgehead atoms. The molecule has 2 rings (SSSR count). The molecule has 4 nitrogen and oxygen atoms in total. The Kier molecular flexibility index (Phi) is 4.36. The van der Waals surface area contributed by atoms with Crippen LogP contribution in [0.15, 0.2) is 0 Å². The van der Waals surface area contributed by atoms with Crippen molar-refractivity contribution >= 4 is 39.6 Å². The van der Waals surface area contributed by atoms with Gasteiger partial charge >= 0.3 is 0 Å². The Balaban J connectivity index is 2.25. The first-order valence-electron chi connectivity index (χ1n) is 5.27. The largest absolute Gasteiger partial charge is 0.360 e. The molecular formula is C10H14N4S3. The molecule has 0 radical (unpaired) electrons. The summed E-state index contributed by atoms with van der Waals surface area (Å²) in [7, 11) is 0. The average Bonchev–Trinajstić information content (AvgIpc) is 2.87. The van der Waals surface area contributed by atoms with Gasteiger partial charge in [-0.3, -0.25) is 0 Å². The molecule has 92 valence electrons. The summed E-state index contributed by atoms with van der Waals surface area (Å²) in [6.45, 7) is 4.95. The van der Waals surface area contributed by atoms with Gasteiger partial charge in [-0.25, -0.2) is 4.98 Å². The van der Waals surface area contributed by atoms with Crippen LogP contribution in [0.5, 0.6) is 0 Å². The second-order valence-corrected chi connectivity index (χ2v) is 6.33. The molecule has 2 heterocycles. The van der Waals surface area contributed by atoms with E-state index in [9.17, 15) is 0 Å². The highest BCUT2D eigenvalue weighted by Gasteiger charge is 2.13. The van der Waals surface area contributed by atoms with Crippen LogP contribution in [0, 0.1) is 6.92 Å². The highest BCUT2D eigenvalue weighted by molar-refractivity contribution is 7.97. The molecule has 0 fully saturated rings. The number of aromatic nitrogens is 3. The molecule has 0 aliphatic rings. The second kappa shape index (κ2) is 5.79. The summed E-state index contributed by atoms with van der Waals surface area (Å²) in [5, 5.41) is 14.5. The van der Waals surface area contributed by atoms with Crippen molar-refractivity contribution in [1.29, 1.82) is 0 Å². The predicted octanol–water partition coefficient (Wildman–Crippen LogP) is 3.26. The van der Waals surface area contributed by atoms with E-state index < -0.39 is 0 Å². The molecule has 1 N–H and O–H groups in total. The fourth-order valence-corrected chi connectivity index (χ4v) is 4.07. The third kappa shape index (κ3) is 2.97. The van der Waals surface area contributed by atoms with Crippen LogP contribution >= 0.6 is 34.4 Å². The lowest BCUT2D eigenvalue weighted by Crippen LogP contribution is -1.94. The lowest BCUT2D eigenvalue weighted by Gasteiger charge is -1.91. The van der Waals surface area contributed by atoms with E-state index in [2.05, 4.69) is 33.7 Å². The number of rotatable bonds is 5. The highest BCUT2D eigenvalue weighted by Crippen LogP contribution is 2.34. The SMILES string of the molecule is CCNc1nnc(-c2sc(CSC)nc2C)s1. The van der Waals surface area contributed by atoms with Crippen LogP contribution in [0.2, 0.25) is 0 Å². The van der Waals surface area contributed by atoms with Crippen LogP contribution in [-0.4, -0.2) is 28.0 Å². The third-order valence-electron chi connectivity index (χ3n) is 2.06. The minimum Gasteiger partial charge on any atom is -0.360 e. The molecule has 0 unspecified atom stereocenters. The molecule has 0 aliphatic heterocycles. The monoisotopic (exact) mass is 286 g/mol. The van der Waals surface area contributed by atoms with Crippen LogP contribution in [-0.2, 0) is 5.75 Å². The van der Waals surface area contributed by atoms with E-state index in [4.69, 9.17) is 0 Å². The Morgan fingerprint density at radius 2 is 2.12 bits per heavy atom. The van der Waals surface area contributed by atoms with Gasteiger partial charge in [0.15, 0.2) is 5.01 Å². The maximum absolute atomic E-state index is 4.55. The molecule has 0 aliphatic carbocycles. The number of hydrogen-bond acceptors (Lipinski definition) is 7. The average molecular weight is 286 g/mol. The Bertz CT molecular complexity index is 491. The summed E-state index contributed by atoms with van der Waals surface area (Å²) < 4.78 is 0. The fraction of sp³-hybridized carbons (Fsp3) is 0.500. The van der Waals surface area contributed by atoms with Gasteiger partial charge in [-0.05, 0) is 20.1 Å². The van der Waals surface area contributed by atoms with E-state index in [1.807, 2.05) is 6.92 Å². The molecule has 17 heavy (non-hydrogen) atoms. The normalized spacial score (nSPS) is 10.8. The van der Waals surface area contributed by atoms with Gasteiger partial charge in [0.1, 0.15) is 5.01 Å². The smallest absolute Gasteiger partial charge is 0.206 e. The number of anilines is 1. The van der Waals surface area contributed by atoms with Gasteiger partial charge in [0.2, 0.25) is 5.13 Å². The number of nitrogens with one attached hydrogen (secondary N) is 1.